The predicted octanol–water partition coefficient (Wildman–Crippen LogP) is 17.1. The fraction of sp³-hybridized carbons (Fsp3) is 0.0633. The van der Waals surface area contributed by atoms with Gasteiger partial charge in [-0.15, -0.1) is 0 Å². The minimum absolute atomic E-state index is 0.0445. The van der Waals surface area contributed by atoms with E-state index in [1.165, 1.54) is 6.92 Å². The molecule has 0 radical (unpaired) electrons. The standard InChI is InChI=1S/C32H25NSi.C17H19NSi.2C15H13N/c1-5-15-26(16-6-1)33-25-32(30-23-13-14-24-31(30)33)34(27-17-7-2-8-18-27,28-19-9-3-10-20-28)29-21-11-4-12-22-29;1-19(2,3)17-13-18(14-9-5-4-6-10-14)16-12-8-7-11-15(16)17;2*1-12-11-13-7-5-6-10-15(13)16(12)14-8-3-2-4-9-14/h1-25H;4-13H,1-3H3;2*2-11H,1H3/i1D,5D,6D,13D,14D,15D,16D,23D,24D,25D;4D,5D,6D,7D,8D,9D,10D,11D,12D,13D;1D3,2D,3D,4D,5D,6D,7D,8D,9D,10D,11D;2D,3D,4D,5D,6D,7D,8D,9D,10D,11D. The number of hydrogen-bond donors (Lipinski definition) is 0. The van der Waals surface area contributed by atoms with Crippen LogP contribution in [0.25, 0.3) is 66.4 Å². The first kappa shape index (κ1) is 24.7. The second kappa shape index (κ2) is 24.8. The molecule has 85 heavy (non-hydrogen) atoms. The highest BCUT2D eigenvalue weighted by molar-refractivity contribution is 7.20. The number of nitrogens with zero attached hydrogens (tertiary/aromatic N) is 4. The second-order valence-electron chi connectivity index (χ2n) is 19.4. The van der Waals surface area contributed by atoms with Crippen LogP contribution < -0.4 is 25.9 Å². The average Bonchev–Trinajstić information content (AvgIpc) is 1.54. The third-order valence-electron chi connectivity index (χ3n) is 13.2. The first-order valence-corrected chi connectivity index (χ1v) is 31.4. The molecule has 0 aliphatic rings. The molecule has 0 saturated carbocycles. The maximum atomic E-state index is 9.81. The number of hydrogen-bond acceptors (Lipinski definition) is 0. The summed E-state index contributed by atoms with van der Waals surface area (Å²) in [5.74, 6) is 0. The highest BCUT2D eigenvalue weighted by atomic mass is 28.3. The van der Waals surface area contributed by atoms with Crippen molar-refractivity contribution in [1.82, 2.24) is 18.3 Å². The lowest BCUT2D eigenvalue weighted by atomic mass is 10.2. The molecule has 0 aliphatic carbocycles. The lowest BCUT2D eigenvalue weighted by Crippen LogP contribution is -2.74. The molecule has 4 aromatic heterocycles. The van der Waals surface area contributed by atoms with Gasteiger partial charge in [0, 0.05) is 66.8 Å². The number of fused-ring (bicyclic) bond motifs is 4. The number of rotatable bonds is 9. The van der Waals surface area contributed by atoms with E-state index in [2.05, 4.69) is 0 Å². The smallest absolute Gasteiger partial charge is 0.181 e. The van der Waals surface area contributed by atoms with Crippen molar-refractivity contribution >= 4 is 85.7 Å². The van der Waals surface area contributed by atoms with Crippen LogP contribution in [0, 0.1) is 13.8 Å². The van der Waals surface area contributed by atoms with Crippen LogP contribution in [0.5, 0.6) is 0 Å². The predicted molar refractivity (Wildman–Crippen MR) is 369 cm³/mol. The number of para-hydroxylation sites is 8. The minimum Gasteiger partial charge on any atom is -0.317 e. The van der Waals surface area contributed by atoms with Gasteiger partial charge in [-0.05, 0) is 130 Å². The summed E-state index contributed by atoms with van der Waals surface area (Å²) in [6.45, 7) is 4.23. The zero-order valence-electron chi connectivity index (χ0n) is 88.4. The van der Waals surface area contributed by atoms with Crippen molar-refractivity contribution < 1.29 is 58.9 Å². The largest absolute Gasteiger partial charge is 0.317 e. The summed E-state index contributed by atoms with van der Waals surface area (Å²) in [4.78, 5) is 0. The van der Waals surface area contributed by atoms with Gasteiger partial charge in [0.05, 0.1) is 85.0 Å². The Bertz CT molecular complexity index is 6990. The van der Waals surface area contributed by atoms with Crippen molar-refractivity contribution in [3.63, 3.8) is 0 Å². The first-order chi connectivity index (χ1) is 59.5. The van der Waals surface area contributed by atoms with Crippen LogP contribution in [-0.2, 0) is 0 Å². The Morgan fingerprint density at radius 2 is 0.647 bits per heavy atom. The summed E-state index contributed by atoms with van der Waals surface area (Å²) >= 11 is 0. The number of benzene rings is 11. The Labute approximate surface area is 562 Å². The zero-order valence-corrected chi connectivity index (χ0v) is 47.4. The van der Waals surface area contributed by atoms with E-state index in [1.807, 2.05) is 111 Å². The molecule has 4 nitrogen and oxygen atoms in total. The van der Waals surface area contributed by atoms with Crippen LogP contribution in [0.1, 0.15) is 70.3 Å². The Morgan fingerprint density at radius 3 is 1.05 bits per heavy atom. The molecule has 414 valence electrons. The van der Waals surface area contributed by atoms with Crippen LogP contribution in [0.3, 0.4) is 0 Å². The van der Waals surface area contributed by atoms with Gasteiger partial charge in [0.1, 0.15) is 0 Å². The van der Waals surface area contributed by atoms with Gasteiger partial charge in [-0.1, -0.05) is 256 Å². The Kier molecular flexibility index (Phi) is 7.22. The molecule has 0 unspecified atom stereocenters. The Balaban J connectivity index is 0.000000159. The van der Waals surface area contributed by atoms with E-state index in [0.717, 1.165) is 29.3 Å². The average molecular weight is 1170 g/mol. The lowest BCUT2D eigenvalue weighted by Gasteiger charge is -2.33. The van der Waals surface area contributed by atoms with E-state index in [0.29, 0.717) is 14.9 Å². The van der Waals surface area contributed by atoms with Crippen LogP contribution in [-0.4, -0.2) is 34.4 Å². The van der Waals surface area contributed by atoms with Crippen LogP contribution in [0.4, 0.5) is 0 Å². The molecule has 0 atom stereocenters. The van der Waals surface area contributed by atoms with E-state index >= 15 is 0 Å². The third kappa shape index (κ3) is 11.3. The second-order valence-corrected chi connectivity index (χ2v) is 28.1. The van der Waals surface area contributed by atoms with Gasteiger partial charge in [0.2, 0.25) is 0 Å². The summed E-state index contributed by atoms with van der Waals surface area (Å²) in [5.41, 5.74) is -2.78. The Morgan fingerprint density at radius 1 is 0.329 bits per heavy atom. The molecule has 4 heterocycles. The molecular formula is C79H70N4Si2. The summed E-state index contributed by atoms with van der Waals surface area (Å²) in [7, 11) is -5.93. The van der Waals surface area contributed by atoms with E-state index in [9.17, 15) is 1.37 Å². The highest BCUT2D eigenvalue weighted by Gasteiger charge is 2.43. The molecule has 0 fully saturated rings. The molecule has 0 saturated heterocycles. The van der Waals surface area contributed by atoms with Gasteiger partial charge < -0.3 is 18.3 Å². The molecule has 6 heteroatoms. The summed E-state index contributed by atoms with van der Waals surface area (Å²) in [6, 6.07) is 7.50. The van der Waals surface area contributed by atoms with Crippen molar-refractivity contribution in [1.29, 1.82) is 0 Å². The van der Waals surface area contributed by atoms with Gasteiger partial charge in [-0.2, -0.15) is 0 Å². The number of aromatic nitrogens is 4. The fourth-order valence-corrected chi connectivity index (χ4v) is 15.8. The molecule has 0 N–H and O–H groups in total. The molecule has 15 aromatic rings. The van der Waals surface area contributed by atoms with Crippen LogP contribution in [0.2, 0.25) is 19.6 Å². The molecule has 15 rings (SSSR count). The van der Waals surface area contributed by atoms with Crippen molar-refractivity contribution in [3.8, 4) is 22.7 Å². The topological polar surface area (TPSA) is 19.7 Å². The summed E-state index contributed by atoms with van der Waals surface area (Å²) in [6.07, 6.45) is -0.446. The molecule has 11 aromatic carbocycles. The first-order valence-electron chi connectivity index (χ1n) is 47.4. The lowest BCUT2D eigenvalue weighted by molar-refractivity contribution is 1.05. The maximum Gasteiger partial charge on any atom is 0.181 e. The SMILES string of the molecule is [2H]c1c([2H])c([2H])c(-n2c(C([2H])([2H])[2H])c([2H])c3c([2H])c([2H])c([2H])c([2H])c32)c([2H])c1[2H].[2H]c1c([2H])c([2H])c(-n2c(C)c([2H])c3c([2H])c([2H])c([2H])c([2H])c32)c([2H])c1[2H].[2H]c1c([2H])c([2H])c(-n2c([2H])c([Si](C)(C)C)c3c([2H])c([2H])c([2H])c([2H])c32)c([2H])c1[2H].[2H]c1c([2H])c([2H])c(-n2c([2H])c([Si](c3ccccc3)(c3ccccc3)c3ccccc3)c3c([2H])c([2H])c([2H])c([2H])c32)c([2H])c1[2H]. The summed E-state index contributed by atoms with van der Waals surface area (Å²) < 4.78 is 356. The van der Waals surface area contributed by atoms with Crippen molar-refractivity contribution in [2.45, 2.75) is 33.4 Å². The Hall–Kier alpha value is -9.99. The van der Waals surface area contributed by atoms with Gasteiger partial charge >= 0.3 is 0 Å². The molecule has 0 amide bonds. The van der Waals surface area contributed by atoms with E-state index in [-0.39, 0.29) is 85.9 Å². The minimum atomic E-state index is -3.60. The maximum absolute atomic E-state index is 9.81. The quantitative estimate of drug-likeness (QED) is 0.101. The zero-order chi connectivity index (χ0) is 95.5. The molecule has 0 bridgehead atoms. The molecular weight excluding hydrogens is 1060 g/mol. The highest BCUT2D eigenvalue weighted by Crippen LogP contribution is 2.27. The van der Waals surface area contributed by atoms with Gasteiger partial charge in [-0.25, -0.2) is 0 Å². The van der Waals surface area contributed by atoms with Crippen molar-refractivity contribution in [2.24, 2.45) is 0 Å². The molecule has 0 spiro atoms. The van der Waals surface area contributed by atoms with Crippen molar-refractivity contribution in [2.75, 3.05) is 0 Å². The normalized spacial score (nSPS) is 18.6. The van der Waals surface area contributed by atoms with Crippen molar-refractivity contribution in [3.05, 3.63) is 344 Å². The van der Waals surface area contributed by atoms with E-state index in [4.69, 9.17) is 57.6 Å². The van der Waals surface area contributed by atoms with E-state index in [1.54, 1.807) is 0 Å². The molecule has 0 aliphatic heterocycles. The van der Waals surface area contributed by atoms with Gasteiger partial charge in [0.25, 0.3) is 0 Å². The van der Waals surface area contributed by atoms with Crippen LogP contribution in [0.15, 0.2) is 333 Å². The third-order valence-corrected chi connectivity index (χ3v) is 19.8. The van der Waals surface area contributed by atoms with Crippen LogP contribution >= 0.6 is 0 Å². The van der Waals surface area contributed by atoms with Gasteiger partial charge in [0.15, 0.2) is 8.07 Å². The van der Waals surface area contributed by atoms with Gasteiger partial charge in [-0.3, -0.25) is 0 Å². The monoisotopic (exact) mass is 1170 g/mol. The summed E-state index contributed by atoms with van der Waals surface area (Å²) in [5, 5.41) is 3.11. The fourth-order valence-electron chi connectivity index (χ4n) is 9.65. The van der Waals surface area contributed by atoms with E-state index < -0.39 is 257 Å².